The highest BCUT2D eigenvalue weighted by molar-refractivity contribution is 7.90. The van der Waals surface area contributed by atoms with E-state index in [2.05, 4.69) is 25.2 Å². The Labute approximate surface area is 151 Å². The Balaban J connectivity index is 1.78. The molecule has 0 bridgehead atoms. The smallest absolute Gasteiger partial charge is 0.273 e. The zero-order valence-electron chi connectivity index (χ0n) is 14.4. The predicted molar refractivity (Wildman–Crippen MR) is 93.2 cm³/mol. The second kappa shape index (κ2) is 8.19. The average molecular weight is 390 g/mol. The summed E-state index contributed by atoms with van der Waals surface area (Å²) in [4.78, 5) is 24.4. The maximum atomic E-state index is 12.2. The highest BCUT2D eigenvalue weighted by Gasteiger charge is 2.29. The minimum absolute atomic E-state index is 0.142. The number of carbonyl (C=O) groups excluding carboxylic acids is 2. The van der Waals surface area contributed by atoms with Gasteiger partial charge in [0, 0.05) is 12.0 Å². The first-order valence-corrected chi connectivity index (χ1v) is 10.4. The van der Waals surface area contributed by atoms with Crippen molar-refractivity contribution in [3.05, 3.63) is 10.6 Å². The molecular weight excluding hydrogens is 366 g/mol. The summed E-state index contributed by atoms with van der Waals surface area (Å²) in [5, 5.41) is 3.27. The first-order chi connectivity index (χ1) is 11.7. The predicted octanol–water partition coefficient (Wildman–Crippen LogP) is 0.494. The van der Waals surface area contributed by atoms with Crippen LogP contribution in [0.5, 0.6) is 0 Å². The van der Waals surface area contributed by atoms with Crippen LogP contribution in [0.2, 0.25) is 0 Å². The van der Waals surface area contributed by atoms with Gasteiger partial charge in [0.2, 0.25) is 15.9 Å². The zero-order chi connectivity index (χ0) is 18.6. The van der Waals surface area contributed by atoms with E-state index in [0.717, 1.165) is 11.5 Å². The molecule has 1 aliphatic carbocycles. The van der Waals surface area contributed by atoms with Gasteiger partial charge in [0.15, 0.2) is 0 Å². The lowest BCUT2D eigenvalue weighted by atomic mass is 9.86. The highest BCUT2D eigenvalue weighted by atomic mass is 32.2. The Morgan fingerprint density at radius 2 is 1.80 bits per heavy atom. The van der Waals surface area contributed by atoms with Gasteiger partial charge in [-0.3, -0.25) is 20.4 Å². The van der Waals surface area contributed by atoms with Gasteiger partial charge in [-0.25, -0.2) is 13.1 Å². The molecule has 1 saturated carbocycles. The SMILES string of the molecule is Cc1nnsc1C(=O)NNC(=O)C1CCC(NS(=O)(=O)C(C)C)CC1. The molecule has 1 heterocycles. The normalized spacial score (nSPS) is 21.1. The summed E-state index contributed by atoms with van der Waals surface area (Å²) < 4.78 is 30.1. The lowest BCUT2D eigenvalue weighted by molar-refractivity contribution is -0.126. The quantitative estimate of drug-likeness (QED) is 0.629. The maximum Gasteiger partial charge on any atom is 0.283 e. The van der Waals surface area contributed by atoms with Crippen molar-refractivity contribution in [1.82, 2.24) is 25.2 Å². The molecule has 0 unspecified atom stereocenters. The molecule has 9 nitrogen and oxygen atoms in total. The summed E-state index contributed by atoms with van der Waals surface area (Å²) in [6, 6.07) is -0.142. The number of carbonyl (C=O) groups is 2. The molecule has 3 N–H and O–H groups in total. The molecule has 2 rings (SSSR count). The minimum atomic E-state index is -3.30. The van der Waals surface area contributed by atoms with Crippen LogP contribution < -0.4 is 15.6 Å². The second-order valence-electron chi connectivity index (χ2n) is 6.39. The molecule has 1 aromatic rings. The van der Waals surface area contributed by atoms with E-state index in [1.165, 1.54) is 0 Å². The number of sulfonamides is 1. The van der Waals surface area contributed by atoms with Gasteiger partial charge in [-0.2, -0.15) is 0 Å². The summed E-state index contributed by atoms with van der Waals surface area (Å²) in [7, 11) is -3.30. The van der Waals surface area contributed by atoms with E-state index in [1.807, 2.05) is 0 Å². The van der Waals surface area contributed by atoms with E-state index in [4.69, 9.17) is 0 Å². The molecule has 0 aliphatic heterocycles. The molecule has 1 aliphatic rings. The van der Waals surface area contributed by atoms with Gasteiger partial charge in [-0.1, -0.05) is 4.49 Å². The van der Waals surface area contributed by atoms with Crippen molar-refractivity contribution in [2.75, 3.05) is 0 Å². The molecule has 0 atom stereocenters. The number of amides is 2. The molecule has 0 radical (unpaired) electrons. The van der Waals surface area contributed by atoms with Gasteiger partial charge >= 0.3 is 0 Å². The number of hydrazine groups is 1. The van der Waals surface area contributed by atoms with Crippen LogP contribution in [0.25, 0.3) is 0 Å². The summed E-state index contributed by atoms with van der Waals surface area (Å²) in [6.45, 7) is 4.93. The molecule has 1 fully saturated rings. The molecule has 25 heavy (non-hydrogen) atoms. The topological polar surface area (TPSA) is 130 Å². The van der Waals surface area contributed by atoms with Crippen molar-refractivity contribution in [2.45, 2.75) is 57.7 Å². The zero-order valence-corrected chi connectivity index (χ0v) is 16.0. The number of rotatable bonds is 5. The number of aromatic nitrogens is 2. The summed E-state index contributed by atoms with van der Waals surface area (Å²) >= 11 is 0.963. The lowest BCUT2D eigenvalue weighted by Crippen LogP contribution is -2.47. The molecule has 0 saturated heterocycles. The van der Waals surface area contributed by atoms with Gasteiger partial charge in [0.1, 0.15) is 4.88 Å². The Kier molecular flexibility index (Phi) is 6.47. The standard InChI is InChI=1S/C14H23N5O4S2/c1-8(2)25(22,23)18-11-6-4-10(5-7-11)13(20)16-17-14(21)12-9(3)15-19-24-12/h8,10-11,18H,4-7H2,1-3H3,(H,16,20)(H,17,21). The van der Waals surface area contributed by atoms with Crippen LogP contribution in [0.3, 0.4) is 0 Å². The van der Waals surface area contributed by atoms with E-state index in [0.29, 0.717) is 36.3 Å². The molecule has 0 aromatic carbocycles. The number of nitrogens with one attached hydrogen (secondary N) is 3. The Hall–Kier alpha value is -1.59. The maximum absolute atomic E-state index is 12.2. The van der Waals surface area contributed by atoms with Crippen LogP contribution in [0.15, 0.2) is 0 Å². The van der Waals surface area contributed by atoms with Crippen molar-refractivity contribution in [1.29, 1.82) is 0 Å². The number of nitrogens with zero attached hydrogens (tertiary/aromatic N) is 2. The van der Waals surface area contributed by atoms with Gasteiger partial charge in [-0.15, -0.1) is 5.10 Å². The van der Waals surface area contributed by atoms with Crippen molar-refractivity contribution in [3.63, 3.8) is 0 Å². The Morgan fingerprint density at radius 1 is 1.16 bits per heavy atom. The first-order valence-electron chi connectivity index (χ1n) is 8.11. The summed E-state index contributed by atoms with van der Waals surface area (Å²) in [5.41, 5.74) is 5.30. The first kappa shape index (κ1) is 19.7. The van der Waals surface area contributed by atoms with Crippen molar-refractivity contribution >= 4 is 33.4 Å². The van der Waals surface area contributed by atoms with Crippen molar-refractivity contribution in [2.24, 2.45) is 5.92 Å². The van der Waals surface area contributed by atoms with Crippen LogP contribution in [0.4, 0.5) is 0 Å². The van der Waals surface area contributed by atoms with E-state index in [-0.39, 0.29) is 17.9 Å². The molecule has 11 heteroatoms. The van der Waals surface area contributed by atoms with Gasteiger partial charge in [-0.05, 0) is 58.0 Å². The average Bonchev–Trinajstić information content (AvgIpc) is 2.98. The fraction of sp³-hybridized carbons (Fsp3) is 0.714. The van der Waals surface area contributed by atoms with Crippen LogP contribution >= 0.6 is 11.5 Å². The third kappa shape index (κ3) is 5.19. The lowest BCUT2D eigenvalue weighted by Gasteiger charge is -2.28. The molecule has 1 aromatic heterocycles. The minimum Gasteiger partial charge on any atom is -0.273 e. The number of hydrogen-bond acceptors (Lipinski definition) is 7. The fourth-order valence-electron chi connectivity index (χ4n) is 2.56. The van der Waals surface area contributed by atoms with E-state index in [1.54, 1.807) is 20.8 Å². The van der Waals surface area contributed by atoms with Crippen LogP contribution in [0, 0.1) is 12.8 Å². The highest BCUT2D eigenvalue weighted by Crippen LogP contribution is 2.25. The monoisotopic (exact) mass is 389 g/mol. The van der Waals surface area contributed by atoms with Crippen molar-refractivity contribution < 1.29 is 18.0 Å². The van der Waals surface area contributed by atoms with Crippen LogP contribution in [0.1, 0.15) is 54.9 Å². The van der Waals surface area contributed by atoms with E-state index < -0.39 is 21.2 Å². The third-order valence-corrected chi connectivity index (χ3v) is 6.94. The van der Waals surface area contributed by atoms with Crippen LogP contribution in [-0.2, 0) is 14.8 Å². The van der Waals surface area contributed by atoms with E-state index >= 15 is 0 Å². The number of aryl methyl sites for hydroxylation is 1. The van der Waals surface area contributed by atoms with Gasteiger partial charge in [0.05, 0.1) is 10.9 Å². The Bertz CT molecular complexity index is 723. The number of hydrogen-bond donors (Lipinski definition) is 3. The molecule has 140 valence electrons. The molecule has 0 spiro atoms. The summed E-state index contributed by atoms with van der Waals surface area (Å²) in [5.74, 6) is -0.964. The molecular formula is C14H23N5O4S2. The van der Waals surface area contributed by atoms with Crippen LogP contribution in [-0.4, -0.2) is 41.1 Å². The van der Waals surface area contributed by atoms with Crippen molar-refractivity contribution in [3.8, 4) is 0 Å². The second-order valence-corrected chi connectivity index (χ2v) is 9.41. The fourth-order valence-corrected chi connectivity index (χ4v) is 4.08. The largest absolute Gasteiger partial charge is 0.283 e. The third-order valence-electron chi connectivity index (χ3n) is 4.21. The van der Waals surface area contributed by atoms with Gasteiger partial charge < -0.3 is 0 Å². The van der Waals surface area contributed by atoms with Gasteiger partial charge in [0.25, 0.3) is 5.91 Å². The summed E-state index contributed by atoms with van der Waals surface area (Å²) in [6.07, 6.45) is 2.31. The van der Waals surface area contributed by atoms with E-state index in [9.17, 15) is 18.0 Å². The molecule has 2 amide bonds. The Morgan fingerprint density at radius 3 is 2.32 bits per heavy atom.